The van der Waals surface area contributed by atoms with Crippen molar-refractivity contribution in [1.82, 2.24) is 29.5 Å². The number of fused-ring (bicyclic) bond motifs is 1. The zero-order valence-corrected chi connectivity index (χ0v) is 23.3. The van der Waals surface area contributed by atoms with Gasteiger partial charge < -0.3 is 10.1 Å². The average molecular weight is 532 g/mol. The Balaban J connectivity index is 1.60. The van der Waals surface area contributed by atoms with Crippen molar-refractivity contribution in [3.8, 4) is 17.3 Å². The lowest BCUT2D eigenvalue weighted by Crippen LogP contribution is -2.28. The second-order valence-corrected chi connectivity index (χ2v) is 10.9. The van der Waals surface area contributed by atoms with E-state index in [0.717, 1.165) is 36.3 Å². The summed E-state index contributed by atoms with van der Waals surface area (Å²) in [5.41, 5.74) is 4.24. The zero-order valence-electron chi connectivity index (χ0n) is 22.5. The summed E-state index contributed by atoms with van der Waals surface area (Å²) in [6.07, 6.45) is 4.41. The van der Waals surface area contributed by atoms with Crippen molar-refractivity contribution < 1.29 is 4.74 Å². The van der Waals surface area contributed by atoms with Crippen molar-refractivity contribution in [2.75, 3.05) is 18.2 Å². The molecule has 5 rings (SSSR count). The monoisotopic (exact) mass is 531 g/mol. The lowest BCUT2D eigenvalue weighted by atomic mass is 10.1. The minimum Gasteiger partial charge on any atom is -0.480 e. The topological polar surface area (TPSA) is 108 Å². The highest BCUT2D eigenvalue weighted by Crippen LogP contribution is 2.45. The average Bonchev–Trinajstić information content (AvgIpc) is 3.78. The highest BCUT2D eigenvalue weighted by Gasteiger charge is 2.32. The fraction of sp³-hybridized carbons (Fsp3) is 0.429. The number of hydrogen-bond acceptors (Lipinski definition) is 9. The van der Waals surface area contributed by atoms with E-state index in [4.69, 9.17) is 19.7 Å². The van der Waals surface area contributed by atoms with E-state index in [-0.39, 0.29) is 11.6 Å². The predicted molar refractivity (Wildman–Crippen MR) is 151 cm³/mol. The van der Waals surface area contributed by atoms with Crippen LogP contribution in [0.25, 0.3) is 22.6 Å². The minimum absolute atomic E-state index is 0.0853. The summed E-state index contributed by atoms with van der Waals surface area (Å²) >= 11 is 1.80. The molecular weight excluding hydrogens is 498 g/mol. The van der Waals surface area contributed by atoms with E-state index in [1.54, 1.807) is 23.4 Å². The van der Waals surface area contributed by atoms with Gasteiger partial charge in [0.05, 0.1) is 18.5 Å². The zero-order chi connectivity index (χ0) is 26.8. The first-order chi connectivity index (χ1) is 18.4. The highest BCUT2D eigenvalue weighted by molar-refractivity contribution is 7.99. The Labute approximate surface area is 226 Å². The van der Waals surface area contributed by atoms with Crippen LogP contribution in [0.4, 0.5) is 5.82 Å². The number of aromatic nitrogens is 6. The molecule has 1 N–H and O–H groups in total. The van der Waals surface area contributed by atoms with Gasteiger partial charge >= 0.3 is 0 Å². The molecule has 3 heterocycles. The number of anilines is 1. The number of hydrogen-bond donors (Lipinski definition) is 1. The molecule has 198 valence electrons. The Morgan fingerprint density at radius 3 is 2.55 bits per heavy atom. The first-order valence-electron chi connectivity index (χ1n) is 13.1. The van der Waals surface area contributed by atoms with Crippen LogP contribution < -0.4 is 15.6 Å². The van der Waals surface area contributed by atoms with Gasteiger partial charge in [-0.05, 0) is 56.6 Å². The van der Waals surface area contributed by atoms with Gasteiger partial charge in [0.25, 0.3) is 5.56 Å². The third kappa shape index (κ3) is 5.09. The van der Waals surface area contributed by atoms with Crippen LogP contribution >= 0.6 is 11.8 Å². The lowest BCUT2D eigenvalue weighted by Gasteiger charge is -2.19. The summed E-state index contributed by atoms with van der Waals surface area (Å²) < 4.78 is 7.31. The third-order valence-electron chi connectivity index (χ3n) is 6.86. The van der Waals surface area contributed by atoms with E-state index >= 15 is 0 Å². The van der Waals surface area contributed by atoms with Crippen LogP contribution in [0.15, 0.2) is 40.3 Å². The van der Waals surface area contributed by atoms with Gasteiger partial charge in [-0.3, -0.25) is 9.36 Å². The summed E-state index contributed by atoms with van der Waals surface area (Å²) in [5.74, 6) is 2.57. The van der Waals surface area contributed by atoms with Crippen LogP contribution in [-0.2, 0) is 6.54 Å². The normalized spacial score (nSPS) is 14.0. The number of ether oxygens (including phenoxy) is 1. The maximum absolute atomic E-state index is 13.7. The molecule has 0 unspecified atom stereocenters. The van der Waals surface area contributed by atoms with E-state index in [2.05, 4.69) is 53.4 Å². The summed E-state index contributed by atoms with van der Waals surface area (Å²) in [4.78, 5) is 38.3. The van der Waals surface area contributed by atoms with Gasteiger partial charge in [-0.15, -0.1) is 11.8 Å². The molecule has 0 spiro atoms. The SMILES string of the molecule is CCSc1ccc(CNc2nc3c(C)nc(-c4c(OC)ncnc4C4CC4)nc3n([C@H](C)CC)c2=O)cc1. The van der Waals surface area contributed by atoms with Gasteiger partial charge in [0.1, 0.15) is 17.4 Å². The van der Waals surface area contributed by atoms with Crippen LogP contribution in [0.5, 0.6) is 5.88 Å². The Morgan fingerprint density at radius 2 is 1.89 bits per heavy atom. The predicted octanol–water partition coefficient (Wildman–Crippen LogP) is 5.53. The molecule has 0 saturated heterocycles. The number of methoxy groups -OCH3 is 1. The van der Waals surface area contributed by atoms with Crippen molar-refractivity contribution >= 4 is 28.7 Å². The molecule has 1 fully saturated rings. The molecule has 0 amide bonds. The van der Waals surface area contributed by atoms with Crippen LogP contribution in [-0.4, -0.2) is 42.3 Å². The fourth-order valence-electron chi connectivity index (χ4n) is 4.51. The van der Waals surface area contributed by atoms with Gasteiger partial charge in [-0.25, -0.2) is 24.9 Å². The molecule has 10 heteroatoms. The Kier molecular flexibility index (Phi) is 7.60. The second-order valence-electron chi connectivity index (χ2n) is 9.55. The second kappa shape index (κ2) is 11.1. The standard InChI is InChI=1S/C28H33N7O2S/c1-6-16(3)35-26-22(33-25(28(35)36)29-14-18-8-12-20(13-9-18)38-7-2)17(4)32-24(34-26)21-23(19-10-11-19)30-15-31-27(21)37-5/h8-9,12-13,15-16,19H,6-7,10-11,14H2,1-5H3,(H,29,33)/t16-/m1/s1. The molecule has 1 aromatic carbocycles. The van der Waals surface area contributed by atoms with E-state index in [0.29, 0.717) is 52.4 Å². The summed E-state index contributed by atoms with van der Waals surface area (Å²) in [5, 5.41) is 3.27. The van der Waals surface area contributed by atoms with Gasteiger partial charge in [0, 0.05) is 23.4 Å². The Morgan fingerprint density at radius 1 is 1.13 bits per heavy atom. The molecule has 4 aromatic rings. The Bertz CT molecular complexity index is 1520. The van der Waals surface area contributed by atoms with Crippen LogP contribution in [0.3, 0.4) is 0 Å². The highest BCUT2D eigenvalue weighted by atomic mass is 32.2. The minimum atomic E-state index is -0.201. The van der Waals surface area contributed by atoms with Gasteiger partial charge in [-0.1, -0.05) is 26.0 Å². The third-order valence-corrected chi connectivity index (χ3v) is 7.76. The van der Waals surface area contributed by atoms with Crippen molar-refractivity contribution in [3.63, 3.8) is 0 Å². The molecule has 0 radical (unpaired) electrons. The van der Waals surface area contributed by atoms with Gasteiger partial charge in [-0.2, -0.15) is 0 Å². The summed E-state index contributed by atoms with van der Waals surface area (Å²) in [6.45, 7) is 8.60. The molecule has 0 bridgehead atoms. The number of aryl methyl sites for hydroxylation is 1. The summed E-state index contributed by atoms with van der Waals surface area (Å²) in [6, 6.07) is 8.28. The Hall–Kier alpha value is -3.53. The van der Waals surface area contributed by atoms with E-state index in [1.807, 2.05) is 13.8 Å². The molecule has 0 aliphatic heterocycles. The van der Waals surface area contributed by atoms with Gasteiger partial charge in [0.15, 0.2) is 17.3 Å². The maximum Gasteiger partial charge on any atom is 0.295 e. The summed E-state index contributed by atoms with van der Waals surface area (Å²) in [7, 11) is 1.58. The van der Waals surface area contributed by atoms with Gasteiger partial charge in [0.2, 0.25) is 5.88 Å². The van der Waals surface area contributed by atoms with Crippen molar-refractivity contribution in [2.45, 2.75) is 70.4 Å². The first-order valence-corrected chi connectivity index (χ1v) is 14.1. The van der Waals surface area contributed by atoms with E-state index < -0.39 is 0 Å². The molecule has 38 heavy (non-hydrogen) atoms. The molecule has 1 aliphatic rings. The number of nitrogens with zero attached hydrogens (tertiary/aromatic N) is 6. The van der Waals surface area contributed by atoms with Crippen LogP contribution in [0, 0.1) is 6.92 Å². The molecule has 1 atom stereocenters. The molecule has 9 nitrogen and oxygen atoms in total. The number of thioether (sulfide) groups is 1. The molecule has 1 aliphatic carbocycles. The van der Waals surface area contributed by atoms with Crippen LogP contribution in [0.2, 0.25) is 0 Å². The number of benzene rings is 1. The number of rotatable bonds is 10. The van der Waals surface area contributed by atoms with Crippen molar-refractivity contribution in [1.29, 1.82) is 0 Å². The number of nitrogens with one attached hydrogen (secondary N) is 1. The quantitative estimate of drug-likeness (QED) is 0.264. The molecular formula is C28H33N7O2S. The van der Waals surface area contributed by atoms with Crippen molar-refractivity contribution in [3.05, 3.63) is 57.9 Å². The van der Waals surface area contributed by atoms with Crippen molar-refractivity contribution in [2.24, 2.45) is 0 Å². The molecule has 1 saturated carbocycles. The first kappa shape index (κ1) is 26.1. The largest absolute Gasteiger partial charge is 0.480 e. The van der Waals surface area contributed by atoms with E-state index in [9.17, 15) is 4.79 Å². The van der Waals surface area contributed by atoms with Crippen LogP contribution in [0.1, 0.15) is 68.9 Å². The smallest absolute Gasteiger partial charge is 0.295 e. The molecule has 3 aromatic heterocycles. The van der Waals surface area contributed by atoms with E-state index in [1.165, 1.54) is 11.2 Å². The maximum atomic E-state index is 13.7. The fourth-order valence-corrected chi connectivity index (χ4v) is 5.17. The lowest BCUT2D eigenvalue weighted by molar-refractivity contribution is 0.397.